The molecule has 1 atom stereocenters. The fraction of sp³-hybridized carbons (Fsp3) is 0.263. The van der Waals surface area contributed by atoms with Crippen LogP contribution in [0, 0.1) is 12.1 Å². The highest BCUT2D eigenvalue weighted by Crippen LogP contribution is 2.31. The lowest BCUT2D eigenvalue weighted by molar-refractivity contribution is -0.930. The summed E-state index contributed by atoms with van der Waals surface area (Å²) < 4.78 is 2.04. The zero-order valence-corrected chi connectivity index (χ0v) is 13.7. The highest BCUT2D eigenvalue weighted by Gasteiger charge is 2.59. The smallest absolute Gasteiger partial charge is 0.431 e. The van der Waals surface area contributed by atoms with Gasteiger partial charge in [-0.2, -0.15) is 0 Å². The van der Waals surface area contributed by atoms with E-state index in [1.165, 1.54) is 0 Å². The maximum Gasteiger partial charge on any atom is 0.431 e. The Morgan fingerprint density at radius 2 is 1.65 bits per heavy atom. The third-order valence-electron chi connectivity index (χ3n) is 4.52. The second-order valence-corrected chi connectivity index (χ2v) is 6.01. The van der Waals surface area contributed by atoms with Crippen molar-refractivity contribution < 1.29 is 14.7 Å². The molecular formula is C19H21N2O2+. The first-order valence-electron chi connectivity index (χ1n) is 7.82. The summed E-state index contributed by atoms with van der Waals surface area (Å²) in [6.45, 7) is 5.67. The van der Waals surface area contributed by atoms with E-state index in [1.807, 2.05) is 68.4 Å². The molecule has 0 amide bonds. The van der Waals surface area contributed by atoms with Crippen molar-refractivity contribution in [2.75, 3.05) is 0 Å². The molecule has 0 aromatic heterocycles. The van der Waals surface area contributed by atoms with Gasteiger partial charge in [0, 0.05) is 6.42 Å². The van der Waals surface area contributed by atoms with Crippen molar-refractivity contribution in [2.24, 2.45) is 0 Å². The van der Waals surface area contributed by atoms with Crippen molar-refractivity contribution in [3.05, 3.63) is 76.5 Å². The molecule has 0 spiro atoms. The molecule has 1 aliphatic heterocycles. The summed E-state index contributed by atoms with van der Waals surface area (Å²) in [5, 5.41) is 23.9. The van der Waals surface area contributed by atoms with Crippen LogP contribution in [0.3, 0.4) is 0 Å². The average molecular weight is 309 g/mol. The zero-order valence-electron chi connectivity index (χ0n) is 13.7. The highest BCUT2D eigenvalue weighted by molar-refractivity contribution is 6.44. The van der Waals surface area contributed by atoms with Crippen LogP contribution in [0.25, 0.3) is 0 Å². The van der Waals surface area contributed by atoms with E-state index in [4.69, 9.17) is 0 Å². The first-order valence-corrected chi connectivity index (χ1v) is 7.82. The minimum absolute atomic E-state index is 0.548. The van der Waals surface area contributed by atoms with Crippen LogP contribution < -0.4 is 0 Å². The number of hydrogen-bond acceptors (Lipinski definition) is 2. The van der Waals surface area contributed by atoms with Crippen molar-refractivity contribution in [1.29, 1.82) is 0 Å². The molecule has 2 aromatic carbocycles. The molecule has 1 N–H and O–H groups in total. The van der Waals surface area contributed by atoms with Crippen molar-refractivity contribution >= 4 is 11.4 Å². The van der Waals surface area contributed by atoms with Crippen molar-refractivity contribution in [1.82, 2.24) is 0 Å². The van der Waals surface area contributed by atoms with Crippen LogP contribution in [0.1, 0.15) is 37.0 Å². The standard InChI is InChI=1S/C19H21N2O2/c1-4-17-18(15-8-6-5-7-9-15)21(23)19(3,20(17)22)16-12-10-14(2)11-13-16/h5-13,23H,4H2,1-3H3/q+1/t19-/m0/s1. The van der Waals surface area contributed by atoms with E-state index < -0.39 is 5.66 Å². The van der Waals surface area contributed by atoms with Gasteiger partial charge in [-0.15, -0.1) is 4.74 Å². The summed E-state index contributed by atoms with van der Waals surface area (Å²) in [5.41, 5.74) is 2.71. The minimum Gasteiger partial charge on any atom is -0.618 e. The SMILES string of the molecule is CCC1=[N+]([O-])[C@](C)(c2ccc(C)cc2)[N+](O)=C1c1ccccc1. The number of hydroxylamine groups is 2. The van der Waals surface area contributed by atoms with Gasteiger partial charge in [-0.1, -0.05) is 42.8 Å². The van der Waals surface area contributed by atoms with Crippen LogP contribution in [0.4, 0.5) is 0 Å². The van der Waals surface area contributed by atoms with Crippen LogP contribution in [0.2, 0.25) is 0 Å². The quantitative estimate of drug-likeness (QED) is 0.536. The predicted octanol–water partition coefficient (Wildman–Crippen LogP) is 3.43. The van der Waals surface area contributed by atoms with E-state index in [0.717, 1.165) is 26.2 Å². The van der Waals surface area contributed by atoms with Gasteiger partial charge in [0.05, 0.1) is 22.8 Å². The molecule has 0 fully saturated rings. The van der Waals surface area contributed by atoms with E-state index in [2.05, 4.69) is 0 Å². The molecule has 0 unspecified atom stereocenters. The minimum atomic E-state index is -1.16. The summed E-state index contributed by atoms with van der Waals surface area (Å²) in [6.07, 6.45) is 0.548. The molecule has 0 saturated heterocycles. The van der Waals surface area contributed by atoms with Crippen LogP contribution in [-0.4, -0.2) is 26.1 Å². The third kappa shape index (κ3) is 2.22. The number of hydrogen-bond donors (Lipinski definition) is 1. The Bertz CT molecular complexity index is 792. The highest BCUT2D eigenvalue weighted by atomic mass is 16.5. The third-order valence-corrected chi connectivity index (χ3v) is 4.52. The molecule has 0 bridgehead atoms. The lowest BCUT2D eigenvalue weighted by atomic mass is 10.0. The number of rotatable bonds is 3. The number of benzene rings is 2. The number of nitrogens with zero attached hydrogens (tertiary/aromatic N) is 2. The van der Waals surface area contributed by atoms with E-state index in [1.54, 1.807) is 6.92 Å². The van der Waals surface area contributed by atoms with Crippen molar-refractivity contribution in [3.63, 3.8) is 0 Å². The predicted molar refractivity (Wildman–Crippen MR) is 90.1 cm³/mol. The first kappa shape index (κ1) is 15.3. The van der Waals surface area contributed by atoms with Crippen LogP contribution in [0.15, 0.2) is 54.6 Å². The van der Waals surface area contributed by atoms with Gasteiger partial charge in [-0.3, -0.25) is 5.21 Å². The van der Waals surface area contributed by atoms with Gasteiger partial charge < -0.3 is 5.21 Å². The summed E-state index contributed by atoms with van der Waals surface area (Å²) in [5.74, 6) is 0. The second-order valence-electron chi connectivity index (χ2n) is 6.01. The molecule has 4 heteroatoms. The van der Waals surface area contributed by atoms with E-state index in [-0.39, 0.29) is 0 Å². The zero-order chi connectivity index (χ0) is 16.6. The molecule has 118 valence electrons. The molecule has 0 radical (unpaired) electrons. The summed E-state index contributed by atoms with van der Waals surface area (Å²) in [7, 11) is 0. The molecule has 1 aliphatic rings. The molecule has 1 heterocycles. The van der Waals surface area contributed by atoms with E-state index in [0.29, 0.717) is 17.8 Å². The second kappa shape index (κ2) is 5.54. The van der Waals surface area contributed by atoms with Gasteiger partial charge in [0.25, 0.3) is 5.71 Å². The molecular weight excluding hydrogens is 288 g/mol. The Labute approximate surface area is 136 Å². The van der Waals surface area contributed by atoms with Gasteiger partial charge in [-0.25, -0.2) is 0 Å². The summed E-state index contributed by atoms with van der Waals surface area (Å²) in [6, 6.07) is 17.2. The van der Waals surface area contributed by atoms with Crippen LogP contribution in [0.5, 0.6) is 0 Å². The topological polar surface area (TPSA) is 49.3 Å². The van der Waals surface area contributed by atoms with Gasteiger partial charge in [0.1, 0.15) is 0 Å². The first-order chi connectivity index (χ1) is 11.0. The maximum atomic E-state index is 13.0. The monoisotopic (exact) mass is 309 g/mol. The Balaban J connectivity index is 2.24. The lowest BCUT2D eigenvalue weighted by Crippen LogP contribution is -2.40. The van der Waals surface area contributed by atoms with Crippen molar-refractivity contribution in [3.8, 4) is 0 Å². The Morgan fingerprint density at radius 1 is 1.04 bits per heavy atom. The molecule has 4 nitrogen and oxygen atoms in total. The van der Waals surface area contributed by atoms with Crippen LogP contribution in [-0.2, 0) is 5.66 Å². The van der Waals surface area contributed by atoms with E-state index >= 15 is 0 Å². The molecule has 3 rings (SSSR count). The molecule has 0 aliphatic carbocycles. The normalized spacial score (nSPS) is 21.2. The van der Waals surface area contributed by atoms with E-state index in [9.17, 15) is 10.4 Å². The van der Waals surface area contributed by atoms with Gasteiger partial charge in [-0.05, 0) is 31.2 Å². The lowest BCUT2D eigenvalue weighted by Gasteiger charge is -2.17. The van der Waals surface area contributed by atoms with Gasteiger partial charge in [0.2, 0.25) is 0 Å². The average Bonchev–Trinajstić information content (AvgIpc) is 2.77. The largest absolute Gasteiger partial charge is 0.618 e. The fourth-order valence-corrected chi connectivity index (χ4v) is 3.09. The molecule has 0 saturated carbocycles. The van der Waals surface area contributed by atoms with Crippen LogP contribution >= 0.6 is 0 Å². The molecule has 2 aromatic rings. The Kier molecular flexibility index (Phi) is 3.68. The Morgan fingerprint density at radius 3 is 2.22 bits per heavy atom. The number of aryl methyl sites for hydroxylation is 1. The van der Waals surface area contributed by atoms with Gasteiger partial charge in [0.15, 0.2) is 0 Å². The Hall–Kier alpha value is -2.62. The molecule has 23 heavy (non-hydrogen) atoms. The van der Waals surface area contributed by atoms with Gasteiger partial charge >= 0.3 is 11.4 Å². The fourth-order valence-electron chi connectivity index (χ4n) is 3.09. The summed E-state index contributed by atoms with van der Waals surface area (Å²) >= 11 is 0. The van der Waals surface area contributed by atoms with Crippen molar-refractivity contribution in [2.45, 2.75) is 32.9 Å². The maximum absolute atomic E-state index is 13.0. The summed E-state index contributed by atoms with van der Waals surface area (Å²) in [4.78, 5) is 0.